The highest BCUT2D eigenvalue weighted by Gasteiger charge is 2.27. The van der Waals surface area contributed by atoms with Gasteiger partial charge >= 0.3 is 0 Å². The molecule has 2 rings (SSSR count). The molecule has 0 saturated heterocycles. The third kappa shape index (κ3) is 3.54. The van der Waals surface area contributed by atoms with Gasteiger partial charge in [-0.1, -0.05) is 67.9 Å². The lowest BCUT2D eigenvalue weighted by molar-refractivity contribution is 0.389. The van der Waals surface area contributed by atoms with Crippen molar-refractivity contribution < 1.29 is 0 Å². The largest absolute Gasteiger partial charge is 0.316 e. The summed E-state index contributed by atoms with van der Waals surface area (Å²) in [5.41, 5.74) is 5.52. The molecule has 0 amide bonds. The molecule has 2 atom stereocenters. The van der Waals surface area contributed by atoms with Gasteiger partial charge in [-0.2, -0.15) is 0 Å². The minimum atomic E-state index is 0.386. The first-order valence-electron chi connectivity index (χ1n) is 7.84. The summed E-state index contributed by atoms with van der Waals surface area (Å²) in [5.74, 6) is 0.956. The van der Waals surface area contributed by atoms with Crippen LogP contribution in [0.5, 0.6) is 0 Å². The van der Waals surface area contributed by atoms with Gasteiger partial charge in [-0.05, 0) is 43.5 Å². The number of hydrogen-bond donors (Lipinski definition) is 1. The first-order valence-corrected chi connectivity index (χ1v) is 7.84. The predicted octanol–water partition coefficient (Wildman–Crippen LogP) is 4.68. The second kappa shape index (κ2) is 6.91. The lowest BCUT2D eigenvalue weighted by Gasteiger charge is -2.32. The number of benzene rings is 2. The maximum atomic E-state index is 3.54. The Hall–Kier alpha value is -1.60. The third-order valence-electron chi connectivity index (χ3n) is 4.33. The highest BCUT2D eigenvalue weighted by molar-refractivity contribution is 5.41. The van der Waals surface area contributed by atoms with Gasteiger partial charge in [-0.25, -0.2) is 0 Å². The maximum absolute atomic E-state index is 3.54. The second-order valence-corrected chi connectivity index (χ2v) is 6.31. The fourth-order valence-electron chi connectivity index (χ4n) is 3.30. The van der Waals surface area contributed by atoms with E-state index in [0.717, 1.165) is 0 Å². The van der Waals surface area contributed by atoms with Gasteiger partial charge < -0.3 is 5.32 Å². The fraction of sp³-hybridized carbons (Fsp3) is 0.400. The van der Waals surface area contributed by atoms with Crippen molar-refractivity contribution >= 4 is 0 Å². The van der Waals surface area contributed by atoms with E-state index in [1.165, 1.54) is 22.3 Å². The van der Waals surface area contributed by atoms with E-state index in [2.05, 4.69) is 88.6 Å². The summed E-state index contributed by atoms with van der Waals surface area (Å²) in [4.78, 5) is 0. The third-order valence-corrected chi connectivity index (χ3v) is 4.33. The van der Waals surface area contributed by atoms with Crippen LogP contribution < -0.4 is 5.32 Å². The van der Waals surface area contributed by atoms with Crippen LogP contribution >= 0.6 is 0 Å². The minimum absolute atomic E-state index is 0.386. The maximum Gasteiger partial charge on any atom is 0.0248 e. The van der Waals surface area contributed by atoms with Crippen molar-refractivity contribution in [2.45, 2.75) is 39.7 Å². The molecular formula is C20H27N. The molecule has 1 heteroatoms. The van der Waals surface area contributed by atoms with Gasteiger partial charge in [0.05, 0.1) is 0 Å². The molecule has 2 aromatic rings. The Morgan fingerprint density at radius 2 is 1.57 bits per heavy atom. The normalized spacial score (nSPS) is 14.2. The number of rotatable bonds is 5. The molecule has 1 nitrogen and oxygen atoms in total. The van der Waals surface area contributed by atoms with Gasteiger partial charge in [-0.15, -0.1) is 0 Å². The topological polar surface area (TPSA) is 12.0 Å². The van der Waals surface area contributed by atoms with Crippen LogP contribution in [0, 0.1) is 19.8 Å². The van der Waals surface area contributed by atoms with E-state index in [-0.39, 0.29) is 0 Å². The fourth-order valence-corrected chi connectivity index (χ4v) is 3.30. The highest BCUT2D eigenvalue weighted by Crippen LogP contribution is 2.33. The number of nitrogens with one attached hydrogen (secondary N) is 1. The van der Waals surface area contributed by atoms with Crippen LogP contribution in [-0.4, -0.2) is 13.1 Å². The Balaban J connectivity index is 2.55. The van der Waals surface area contributed by atoms with Crippen LogP contribution in [0.1, 0.15) is 42.0 Å². The molecule has 0 heterocycles. The Labute approximate surface area is 129 Å². The molecule has 0 spiro atoms. The molecule has 0 fully saturated rings. The Morgan fingerprint density at radius 3 is 2.10 bits per heavy atom. The Morgan fingerprint density at radius 1 is 0.905 bits per heavy atom. The molecule has 21 heavy (non-hydrogen) atoms. The second-order valence-electron chi connectivity index (χ2n) is 6.31. The van der Waals surface area contributed by atoms with Crippen molar-refractivity contribution in [2.24, 2.45) is 5.92 Å². The monoisotopic (exact) mass is 281 g/mol. The van der Waals surface area contributed by atoms with E-state index in [1.54, 1.807) is 0 Å². The lowest BCUT2D eigenvalue weighted by Crippen LogP contribution is -2.37. The summed E-state index contributed by atoms with van der Waals surface area (Å²) >= 11 is 0. The molecule has 0 aliphatic rings. The van der Waals surface area contributed by atoms with Gasteiger partial charge in [-0.3, -0.25) is 0 Å². The summed E-state index contributed by atoms with van der Waals surface area (Å²) in [7, 11) is 2.07. The molecule has 1 N–H and O–H groups in total. The van der Waals surface area contributed by atoms with Crippen molar-refractivity contribution in [1.82, 2.24) is 5.32 Å². The van der Waals surface area contributed by atoms with Crippen LogP contribution in [0.2, 0.25) is 0 Å². The zero-order valence-corrected chi connectivity index (χ0v) is 13.9. The Kier molecular flexibility index (Phi) is 5.19. The van der Waals surface area contributed by atoms with Crippen LogP contribution in [0.25, 0.3) is 0 Å². The average Bonchev–Trinajstić information content (AvgIpc) is 2.46. The zero-order valence-electron chi connectivity index (χ0n) is 13.9. The van der Waals surface area contributed by atoms with Gasteiger partial charge in [0.25, 0.3) is 0 Å². The van der Waals surface area contributed by atoms with E-state index in [4.69, 9.17) is 0 Å². The van der Waals surface area contributed by atoms with Crippen molar-refractivity contribution in [3.8, 4) is 0 Å². The van der Waals surface area contributed by atoms with E-state index in [1.807, 2.05) is 0 Å². The summed E-state index contributed by atoms with van der Waals surface area (Å²) in [5, 5.41) is 3.54. The standard InChI is InChI=1S/C20H27N/c1-14(2)20(21-5)19(17-9-7-6-8-10-17)18-12-11-15(3)13-16(18)4/h6-14,19-21H,1-5H3. The van der Waals surface area contributed by atoms with Crippen molar-refractivity contribution in [3.05, 3.63) is 70.8 Å². The van der Waals surface area contributed by atoms with Crippen LogP contribution in [0.3, 0.4) is 0 Å². The lowest BCUT2D eigenvalue weighted by atomic mass is 9.78. The van der Waals surface area contributed by atoms with Crippen molar-refractivity contribution in [2.75, 3.05) is 7.05 Å². The number of likely N-dealkylation sites (N-methyl/N-ethyl adjacent to an activating group) is 1. The smallest absolute Gasteiger partial charge is 0.0248 e. The van der Waals surface area contributed by atoms with Gasteiger partial charge in [0.15, 0.2) is 0 Å². The number of aryl methyl sites for hydroxylation is 2. The molecule has 0 aliphatic carbocycles. The summed E-state index contributed by atoms with van der Waals surface area (Å²) in [6.07, 6.45) is 0. The molecule has 0 saturated carbocycles. The SMILES string of the molecule is CNC(C(C)C)C(c1ccccc1)c1ccc(C)cc1C. The van der Waals surface area contributed by atoms with E-state index in [9.17, 15) is 0 Å². The van der Waals surface area contributed by atoms with Crippen molar-refractivity contribution in [3.63, 3.8) is 0 Å². The predicted molar refractivity (Wildman–Crippen MR) is 91.9 cm³/mol. The molecule has 112 valence electrons. The molecule has 0 aliphatic heterocycles. The average molecular weight is 281 g/mol. The molecule has 2 aromatic carbocycles. The van der Waals surface area contributed by atoms with Gasteiger partial charge in [0, 0.05) is 12.0 Å². The van der Waals surface area contributed by atoms with Crippen LogP contribution in [0.15, 0.2) is 48.5 Å². The van der Waals surface area contributed by atoms with Crippen LogP contribution in [0.4, 0.5) is 0 Å². The molecule has 0 aromatic heterocycles. The van der Waals surface area contributed by atoms with E-state index >= 15 is 0 Å². The first-order chi connectivity index (χ1) is 10.0. The molecule has 0 radical (unpaired) electrons. The highest BCUT2D eigenvalue weighted by atomic mass is 14.9. The summed E-state index contributed by atoms with van der Waals surface area (Å²) < 4.78 is 0. The van der Waals surface area contributed by atoms with E-state index in [0.29, 0.717) is 17.9 Å². The van der Waals surface area contributed by atoms with Crippen LogP contribution in [-0.2, 0) is 0 Å². The van der Waals surface area contributed by atoms with Crippen molar-refractivity contribution in [1.29, 1.82) is 0 Å². The van der Waals surface area contributed by atoms with E-state index < -0.39 is 0 Å². The minimum Gasteiger partial charge on any atom is -0.316 e. The Bertz CT molecular complexity index is 572. The number of hydrogen-bond acceptors (Lipinski definition) is 1. The first kappa shape index (κ1) is 15.8. The quantitative estimate of drug-likeness (QED) is 0.839. The van der Waals surface area contributed by atoms with Gasteiger partial charge in [0.2, 0.25) is 0 Å². The zero-order chi connectivity index (χ0) is 15.4. The van der Waals surface area contributed by atoms with Gasteiger partial charge in [0.1, 0.15) is 0 Å². The molecular weight excluding hydrogens is 254 g/mol. The summed E-state index contributed by atoms with van der Waals surface area (Å²) in [6, 6.07) is 18.1. The summed E-state index contributed by atoms with van der Waals surface area (Å²) in [6.45, 7) is 8.97. The molecule has 0 bridgehead atoms. The molecule has 2 unspecified atom stereocenters.